The number of likely N-dealkylation sites (tertiary alicyclic amines) is 1. The highest BCUT2D eigenvalue weighted by atomic mass is 16.5. The number of phenolic OH excluding ortho intramolecular Hbond substituents is 2. The summed E-state index contributed by atoms with van der Waals surface area (Å²) in [5, 5.41) is 22.2. The molecule has 1 saturated heterocycles. The van der Waals surface area contributed by atoms with Crippen LogP contribution in [0.4, 0.5) is 0 Å². The summed E-state index contributed by atoms with van der Waals surface area (Å²) in [6.07, 6.45) is 2.72. The maximum absolute atomic E-state index is 13.2. The number of carbonyl (C=O) groups excluding carboxylic acids is 2. The van der Waals surface area contributed by atoms with Crippen LogP contribution in [0.2, 0.25) is 0 Å². The summed E-state index contributed by atoms with van der Waals surface area (Å²) in [6, 6.07) is 8.39. The fraction of sp³-hybridized carbons (Fsp3) is 0.689. The molecule has 3 rings (SSSR count). The number of aryl methyl sites for hydroxylation is 2. The van der Waals surface area contributed by atoms with Crippen molar-refractivity contribution < 1.29 is 33.8 Å². The van der Waals surface area contributed by atoms with Gasteiger partial charge in [-0.1, -0.05) is 107 Å². The van der Waals surface area contributed by atoms with Gasteiger partial charge >= 0.3 is 11.9 Å². The minimum atomic E-state index is -0.267. The number of likely N-dealkylation sites (N-methyl/N-ethyl adjacent to an activating group) is 1. The Morgan fingerprint density at radius 1 is 0.750 bits per heavy atom. The molecule has 0 amide bonds. The van der Waals surface area contributed by atoms with Gasteiger partial charge in [-0.25, -0.2) is 0 Å². The number of piperidine rings is 1. The van der Waals surface area contributed by atoms with E-state index in [1.54, 1.807) is 0 Å². The third-order valence-corrected chi connectivity index (χ3v) is 11.7. The van der Waals surface area contributed by atoms with Crippen molar-refractivity contribution in [2.75, 3.05) is 20.2 Å². The molecule has 0 aliphatic carbocycles. The van der Waals surface area contributed by atoms with Crippen LogP contribution in [0.25, 0.3) is 0 Å². The van der Waals surface area contributed by atoms with Crippen LogP contribution in [0.1, 0.15) is 163 Å². The van der Waals surface area contributed by atoms with Gasteiger partial charge in [0.2, 0.25) is 0 Å². The van der Waals surface area contributed by atoms with Gasteiger partial charge in [0, 0.05) is 25.7 Å². The van der Waals surface area contributed by atoms with Crippen molar-refractivity contribution in [3.63, 3.8) is 0 Å². The Hall–Kier alpha value is -3.06. The number of carbonyl (C=O) groups is 2. The lowest BCUT2D eigenvalue weighted by Gasteiger charge is -2.56. The van der Waals surface area contributed by atoms with Gasteiger partial charge < -0.3 is 24.2 Å². The number of nitrogens with zero attached hydrogens (tertiary/aromatic N) is 1. The maximum Gasteiger partial charge on any atom is 0.306 e. The van der Waals surface area contributed by atoms with E-state index in [1.165, 1.54) is 0 Å². The lowest BCUT2D eigenvalue weighted by molar-refractivity contribution is -0.982. The van der Waals surface area contributed by atoms with Gasteiger partial charge in [0.1, 0.15) is 30.8 Å². The van der Waals surface area contributed by atoms with Gasteiger partial charge in [-0.15, -0.1) is 0 Å². The molecule has 1 fully saturated rings. The Morgan fingerprint density at radius 3 is 1.73 bits per heavy atom. The van der Waals surface area contributed by atoms with Crippen molar-refractivity contribution in [2.24, 2.45) is 0 Å². The summed E-state index contributed by atoms with van der Waals surface area (Å²) in [7, 11) is 2.21. The Bertz CT molecular complexity index is 1560. The second-order valence-electron chi connectivity index (χ2n) is 20.5. The molecule has 2 N–H and O–H groups in total. The quantitative estimate of drug-likeness (QED) is 0.187. The van der Waals surface area contributed by atoms with E-state index in [2.05, 4.69) is 117 Å². The second-order valence-corrected chi connectivity index (χ2v) is 20.5. The van der Waals surface area contributed by atoms with E-state index in [0.29, 0.717) is 42.6 Å². The predicted octanol–water partition coefficient (Wildman–Crippen LogP) is 9.72. The predicted molar refractivity (Wildman–Crippen MR) is 212 cm³/mol. The van der Waals surface area contributed by atoms with Gasteiger partial charge in [0.05, 0.1) is 18.6 Å². The third-order valence-electron chi connectivity index (χ3n) is 11.7. The normalized spacial score (nSPS) is 21.2. The van der Waals surface area contributed by atoms with Gasteiger partial charge in [-0.2, -0.15) is 0 Å². The van der Waals surface area contributed by atoms with Crippen LogP contribution in [0.15, 0.2) is 24.3 Å². The summed E-state index contributed by atoms with van der Waals surface area (Å²) in [5.41, 5.74) is 4.67. The van der Waals surface area contributed by atoms with Crippen molar-refractivity contribution >= 4 is 11.9 Å². The first-order chi connectivity index (χ1) is 23.5. The Kier molecular flexibility index (Phi) is 12.8. The van der Waals surface area contributed by atoms with Crippen LogP contribution in [0.5, 0.6) is 11.5 Å². The number of aromatic hydroxyl groups is 2. The molecule has 0 bridgehead atoms. The van der Waals surface area contributed by atoms with Crippen LogP contribution < -0.4 is 0 Å². The lowest BCUT2D eigenvalue weighted by Crippen LogP contribution is -2.69. The Balaban J connectivity index is 1.59. The molecule has 1 aliphatic heterocycles. The van der Waals surface area contributed by atoms with Crippen LogP contribution in [-0.4, -0.2) is 64.5 Å². The van der Waals surface area contributed by atoms with Crippen LogP contribution >= 0.6 is 0 Å². The summed E-state index contributed by atoms with van der Waals surface area (Å²) in [4.78, 5) is 26.2. The van der Waals surface area contributed by atoms with E-state index in [4.69, 9.17) is 9.47 Å². The van der Waals surface area contributed by atoms with Gasteiger partial charge in [0.15, 0.2) is 0 Å². The molecule has 0 aromatic heterocycles. The van der Waals surface area contributed by atoms with Crippen LogP contribution in [0, 0.1) is 0 Å². The number of hydrogen-bond acceptors (Lipinski definition) is 6. The third kappa shape index (κ3) is 10.3. The molecule has 3 unspecified atom stereocenters. The number of rotatable bonds is 10. The molecule has 0 saturated carbocycles. The van der Waals surface area contributed by atoms with Crippen molar-refractivity contribution in [1.29, 1.82) is 0 Å². The van der Waals surface area contributed by atoms with E-state index in [0.717, 1.165) is 39.8 Å². The summed E-state index contributed by atoms with van der Waals surface area (Å²) in [6.45, 7) is 32.9. The van der Waals surface area contributed by atoms with Gasteiger partial charge in [0.25, 0.3) is 0 Å². The molecule has 1 aliphatic rings. The first kappa shape index (κ1) is 43.3. The number of esters is 2. The van der Waals surface area contributed by atoms with E-state index in [1.807, 2.05) is 18.2 Å². The zero-order chi connectivity index (χ0) is 39.8. The van der Waals surface area contributed by atoms with E-state index >= 15 is 0 Å². The van der Waals surface area contributed by atoms with Crippen LogP contribution in [-0.2, 0) is 53.6 Å². The summed E-state index contributed by atoms with van der Waals surface area (Å²) >= 11 is 0. The highest BCUT2D eigenvalue weighted by molar-refractivity contribution is 5.70. The Labute approximate surface area is 316 Å². The highest BCUT2D eigenvalue weighted by Gasteiger charge is 2.51. The molecule has 0 spiro atoms. The molecule has 292 valence electrons. The zero-order valence-electron chi connectivity index (χ0n) is 35.6. The zero-order valence-corrected chi connectivity index (χ0v) is 35.6. The first-order valence-corrected chi connectivity index (χ1v) is 19.4. The van der Waals surface area contributed by atoms with Crippen molar-refractivity contribution in [1.82, 2.24) is 0 Å². The van der Waals surface area contributed by atoms with E-state index in [-0.39, 0.29) is 69.9 Å². The second kappa shape index (κ2) is 15.4. The Morgan fingerprint density at radius 2 is 1.25 bits per heavy atom. The van der Waals surface area contributed by atoms with E-state index in [9.17, 15) is 19.8 Å². The maximum atomic E-state index is 13.2. The topological polar surface area (TPSA) is 93.1 Å². The molecule has 7 heteroatoms. The highest BCUT2D eigenvalue weighted by Crippen LogP contribution is 2.42. The standard InChI is InChI=1S/C45H71NO6/c1-29-23-33(52-38(48)19-17-30-24-34(42(5,6)7)40(50)35(25-30)43(8,9)10)28-45(14,15)46(29,16)21-22-51-37(47)20-18-31-26-32(41(2,3)4)27-36(39(31)49)44(11,12)13/h24-27,29,33H,17-23,28H2,1-16H3,(H-,49,50)/p+1. The number of hydrogen-bond donors (Lipinski definition) is 2. The van der Waals surface area contributed by atoms with Crippen molar-refractivity contribution in [3.05, 3.63) is 57.6 Å². The smallest absolute Gasteiger partial charge is 0.306 e. The minimum absolute atomic E-state index is 0.0854. The SMILES string of the molecule is CC1CC(OC(=O)CCc2cc(C(C)(C)C)c(O)c(C(C)(C)C)c2)CC(C)(C)[N+]1(C)CCOC(=O)CCc1cc(C(C)(C)C)cc(C(C)(C)C)c1O. The monoisotopic (exact) mass is 723 g/mol. The average molecular weight is 723 g/mol. The molecule has 0 radical (unpaired) electrons. The largest absolute Gasteiger partial charge is 0.507 e. The van der Waals surface area contributed by atoms with Crippen molar-refractivity contribution in [2.45, 2.75) is 182 Å². The molecule has 1 heterocycles. The van der Waals surface area contributed by atoms with Gasteiger partial charge in [-0.3, -0.25) is 9.59 Å². The van der Waals surface area contributed by atoms with E-state index < -0.39 is 0 Å². The molecular formula is C45H72NO6+. The van der Waals surface area contributed by atoms with Crippen LogP contribution in [0.3, 0.4) is 0 Å². The first-order valence-electron chi connectivity index (χ1n) is 19.4. The molecule has 3 atom stereocenters. The average Bonchev–Trinajstić information content (AvgIpc) is 2.96. The molecule has 2 aromatic rings. The summed E-state index contributed by atoms with van der Waals surface area (Å²) < 4.78 is 12.6. The molecule has 2 aromatic carbocycles. The van der Waals surface area contributed by atoms with Crippen molar-refractivity contribution in [3.8, 4) is 11.5 Å². The fourth-order valence-electron chi connectivity index (χ4n) is 7.69. The molecule has 52 heavy (non-hydrogen) atoms. The molecule has 7 nitrogen and oxygen atoms in total. The lowest BCUT2D eigenvalue weighted by atomic mass is 9.78. The molecular weight excluding hydrogens is 650 g/mol. The number of phenols is 2. The number of benzene rings is 2. The van der Waals surface area contributed by atoms with Gasteiger partial charge in [-0.05, 0) is 88.7 Å². The minimum Gasteiger partial charge on any atom is -0.507 e. The number of quaternary nitrogens is 1. The number of ether oxygens (including phenoxy) is 2. The summed E-state index contributed by atoms with van der Waals surface area (Å²) in [5.74, 6) is 0.152. The fourth-order valence-corrected chi connectivity index (χ4v) is 7.69.